The molecule has 0 fully saturated rings. The number of nitrogens with zero attached hydrogens (tertiary/aromatic N) is 1. The Morgan fingerprint density at radius 2 is 1.58 bits per heavy atom. The van der Waals surface area contributed by atoms with Crippen molar-refractivity contribution >= 4 is 40.7 Å². The Hall–Kier alpha value is -2.36. The van der Waals surface area contributed by atoms with Crippen molar-refractivity contribution in [1.82, 2.24) is 0 Å². The van der Waals surface area contributed by atoms with Crippen molar-refractivity contribution in [3.05, 3.63) is 87.9 Å². The van der Waals surface area contributed by atoms with Crippen LogP contribution < -0.4 is 4.90 Å². The summed E-state index contributed by atoms with van der Waals surface area (Å²) >= 11 is 12.8. The summed E-state index contributed by atoms with van der Waals surface area (Å²) in [5.74, 6) is -1.73. The molecule has 0 saturated heterocycles. The molecule has 0 radical (unpaired) electrons. The maximum absolute atomic E-state index is 13.7. The van der Waals surface area contributed by atoms with E-state index < -0.39 is 11.6 Å². The largest absolute Gasteiger partial charge is 0.335 e. The third-order valence-corrected chi connectivity index (χ3v) is 4.99. The normalized spacial score (nSPS) is 13.0. The molecule has 1 nitrogen and oxygen atoms in total. The van der Waals surface area contributed by atoms with Crippen LogP contribution in [-0.4, -0.2) is 6.54 Å². The van der Waals surface area contributed by atoms with Gasteiger partial charge in [0.1, 0.15) is 0 Å². The zero-order chi connectivity index (χ0) is 18.3. The van der Waals surface area contributed by atoms with Crippen LogP contribution >= 0.6 is 23.2 Å². The summed E-state index contributed by atoms with van der Waals surface area (Å²) in [5.41, 5.74) is 3.96. The Balaban J connectivity index is 1.89. The Bertz CT molecular complexity index is 1010. The van der Waals surface area contributed by atoms with Gasteiger partial charge in [0.15, 0.2) is 11.6 Å². The van der Waals surface area contributed by atoms with Crippen LogP contribution in [0.2, 0.25) is 10.0 Å². The molecule has 5 heteroatoms. The van der Waals surface area contributed by atoms with Gasteiger partial charge < -0.3 is 4.90 Å². The molecular weight excluding hydrogens is 375 g/mol. The topological polar surface area (TPSA) is 3.24 Å². The summed E-state index contributed by atoms with van der Waals surface area (Å²) in [6.45, 7) is 0.609. The first-order chi connectivity index (χ1) is 12.6. The summed E-state index contributed by atoms with van der Waals surface area (Å²) in [4.78, 5) is 2.02. The summed E-state index contributed by atoms with van der Waals surface area (Å²) in [6.07, 6.45) is 3.97. The van der Waals surface area contributed by atoms with Crippen LogP contribution in [0.4, 0.5) is 20.2 Å². The minimum Gasteiger partial charge on any atom is -0.335 e. The Kier molecular flexibility index (Phi) is 4.43. The lowest BCUT2D eigenvalue weighted by Gasteiger charge is -2.31. The average Bonchev–Trinajstić information content (AvgIpc) is 2.63. The number of fused-ring (bicyclic) bond motifs is 1. The van der Waals surface area contributed by atoms with E-state index in [2.05, 4.69) is 0 Å². The molecule has 1 aliphatic rings. The highest BCUT2D eigenvalue weighted by molar-refractivity contribution is 6.39. The minimum atomic E-state index is -0.870. The van der Waals surface area contributed by atoms with E-state index >= 15 is 0 Å². The second-order valence-corrected chi connectivity index (χ2v) is 6.76. The van der Waals surface area contributed by atoms with Gasteiger partial charge in [-0.1, -0.05) is 59.6 Å². The van der Waals surface area contributed by atoms with Gasteiger partial charge in [0.25, 0.3) is 0 Å². The molecule has 0 spiro atoms. The summed E-state index contributed by atoms with van der Waals surface area (Å²) in [6, 6.07) is 15.0. The minimum absolute atomic E-state index is 0.553. The SMILES string of the molecule is Fc1ccc(-c2cccc3c2C=CCN3c2c(Cl)cccc2Cl)cc1F. The van der Waals surface area contributed by atoms with Crippen LogP contribution in [0.3, 0.4) is 0 Å². The van der Waals surface area contributed by atoms with Gasteiger partial charge >= 0.3 is 0 Å². The van der Waals surface area contributed by atoms with Gasteiger partial charge in [0, 0.05) is 17.8 Å². The third kappa shape index (κ3) is 2.87. The fourth-order valence-electron chi connectivity index (χ4n) is 3.21. The second-order valence-electron chi connectivity index (χ2n) is 5.95. The molecule has 0 N–H and O–H groups in total. The number of hydrogen-bond acceptors (Lipinski definition) is 1. The lowest BCUT2D eigenvalue weighted by molar-refractivity contribution is 0.509. The van der Waals surface area contributed by atoms with E-state index in [0.717, 1.165) is 28.6 Å². The zero-order valence-corrected chi connectivity index (χ0v) is 15.0. The predicted octanol–water partition coefficient (Wildman–Crippen LogP) is 7.10. The lowest BCUT2D eigenvalue weighted by atomic mass is 9.95. The number of para-hydroxylation sites is 1. The molecule has 0 aromatic heterocycles. The first-order valence-electron chi connectivity index (χ1n) is 8.03. The number of halogens is 4. The second kappa shape index (κ2) is 6.75. The summed E-state index contributed by atoms with van der Waals surface area (Å²) in [7, 11) is 0. The van der Waals surface area contributed by atoms with Crippen molar-refractivity contribution in [2.75, 3.05) is 11.4 Å². The molecule has 26 heavy (non-hydrogen) atoms. The molecular formula is C21H13Cl2F2N. The lowest BCUT2D eigenvalue weighted by Crippen LogP contribution is -2.21. The maximum atomic E-state index is 13.7. The smallest absolute Gasteiger partial charge is 0.159 e. The van der Waals surface area contributed by atoms with E-state index in [-0.39, 0.29) is 0 Å². The first-order valence-corrected chi connectivity index (χ1v) is 8.78. The van der Waals surface area contributed by atoms with Crippen molar-refractivity contribution in [2.45, 2.75) is 0 Å². The van der Waals surface area contributed by atoms with Crippen molar-refractivity contribution in [3.63, 3.8) is 0 Å². The number of rotatable bonds is 2. The first kappa shape index (κ1) is 17.1. The molecule has 0 bridgehead atoms. The van der Waals surface area contributed by atoms with Crippen LogP contribution in [0.15, 0.2) is 60.7 Å². The predicted molar refractivity (Wildman–Crippen MR) is 104 cm³/mol. The van der Waals surface area contributed by atoms with Crippen LogP contribution in [0, 0.1) is 11.6 Å². The van der Waals surface area contributed by atoms with Gasteiger partial charge in [0.05, 0.1) is 15.7 Å². The van der Waals surface area contributed by atoms with E-state index in [9.17, 15) is 8.78 Å². The molecule has 1 aliphatic heterocycles. The van der Waals surface area contributed by atoms with Gasteiger partial charge in [0.2, 0.25) is 0 Å². The molecule has 0 amide bonds. The van der Waals surface area contributed by atoms with Crippen LogP contribution in [-0.2, 0) is 0 Å². The third-order valence-electron chi connectivity index (χ3n) is 4.38. The summed E-state index contributed by atoms with van der Waals surface area (Å²) in [5, 5.41) is 1.11. The Morgan fingerprint density at radius 3 is 2.31 bits per heavy atom. The molecule has 0 saturated carbocycles. The van der Waals surface area contributed by atoms with E-state index in [1.54, 1.807) is 24.3 Å². The fourth-order valence-corrected chi connectivity index (χ4v) is 3.81. The highest BCUT2D eigenvalue weighted by atomic mass is 35.5. The quantitative estimate of drug-likeness (QED) is 0.452. The Labute approximate surface area is 160 Å². The molecule has 3 aromatic carbocycles. The average molecular weight is 388 g/mol. The number of anilines is 2. The van der Waals surface area contributed by atoms with E-state index in [0.29, 0.717) is 22.2 Å². The fraction of sp³-hybridized carbons (Fsp3) is 0.0476. The van der Waals surface area contributed by atoms with Crippen LogP contribution in [0.5, 0.6) is 0 Å². The number of hydrogen-bond donors (Lipinski definition) is 0. The highest BCUT2D eigenvalue weighted by Gasteiger charge is 2.22. The molecule has 4 rings (SSSR count). The summed E-state index contributed by atoms with van der Waals surface area (Å²) < 4.78 is 27.0. The van der Waals surface area contributed by atoms with Gasteiger partial charge in [-0.05, 0) is 41.5 Å². The molecule has 3 aromatic rings. The van der Waals surface area contributed by atoms with Crippen LogP contribution in [0.25, 0.3) is 17.2 Å². The molecule has 0 unspecified atom stereocenters. The maximum Gasteiger partial charge on any atom is 0.159 e. The number of benzene rings is 3. The van der Waals surface area contributed by atoms with Crippen molar-refractivity contribution in [3.8, 4) is 11.1 Å². The van der Waals surface area contributed by atoms with Gasteiger partial charge in [-0.2, -0.15) is 0 Å². The molecule has 0 atom stereocenters. The van der Waals surface area contributed by atoms with Crippen molar-refractivity contribution < 1.29 is 8.78 Å². The van der Waals surface area contributed by atoms with Gasteiger partial charge in [-0.3, -0.25) is 0 Å². The van der Waals surface area contributed by atoms with Crippen LogP contribution in [0.1, 0.15) is 5.56 Å². The highest BCUT2D eigenvalue weighted by Crippen LogP contribution is 2.43. The van der Waals surface area contributed by atoms with Gasteiger partial charge in [-0.15, -0.1) is 0 Å². The molecule has 130 valence electrons. The monoisotopic (exact) mass is 387 g/mol. The van der Waals surface area contributed by atoms with Gasteiger partial charge in [-0.25, -0.2) is 8.78 Å². The zero-order valence-electron chi connectivity index (χ0n) is 13.5. The standard InChI is InChI=1S/C21H13Cl2F2N/c22-16-6-2-7-17(23)21(16)26-11-3-5-15-14(4-1-8-20(15)26)13-9-10-18(24)19(25)12-13/h1-10,12H,11H2. The Morgan fingerprint density at radius 1 is 0.846 bits per heavy atom. The van der Waals surface area contributed by atoms with E-state index in [4.69, 9.17) is 23.2 Å². The molecule has 0 aliphatic carbocycles. The van der Waals surface area contributed by atoms with E-state index in [1.807, 2.05) is 35.3 Å². The van der Waals surface area contributed by atoms with Crippen molar-refractivity contribution in [2.24, 2.45) is 0 Å². The molecule has 1 heterocycles. The van der Waals surface area contributed by atoms with E-state index in [1.165, 1.54) is 6.07 Å². The van der Waals surface area contributed by atoms with Crippen molar-refractivity contribution in [1.29, 1.82) is 0 Å².